The molecule has 4 aromatic rings. The summed E-state index contributed by atoms with van der Waals surface area (Å²) >= 11 is 0. The molecule has 1 unspecified atom stereocenters. The number of hydrogen-bond acceptors (Lipinski definition) is 2. The average molecular weight is 845 g/mol. The van der Waals surface area contributed by atoms with Crippen LogP contribution in [0.2, 0.25) is 39.3 Å². The van der Waals surface area contributed by atoms with Crippen molar-refractivity contribution in [3.8, 4) is 0 Å². The Balaban J connectivity index is 0.000000661. The molecule has 2 heterocycles. The summed E-state index contributed by atoms with van der Waals surface area (Å²) < 4.78 is 0. The molecule has 2 nitrogen and oxygen atoms in total. The van der Waals surface area contributed by atoms with Crippen LogP contribution in [0.4, 0.5) is 0 Å². The number of hydrogen-bond donors (Lipinski definition) is 0. The third kappa shape index (κ3) is 7.62. The van der Waals surface area contributed by atoms with Gasteiger partial charge in [-0.25, -0.2) is 0 Å². The minimum Gasteiger partial charge on any atom is -0.748 e. The Bertz CT molecular complexity index is 1720. The number of nitrogens with zero attached hydrogens (tertiary/aromatic N) is 2. The van der Waals surface area contributed by atoms with E-state index in [0.717, 1.165) is 58.7 Å². The summed E-state index contributed by atoms with van der Waals surface area (Å²) in [5.74, 6) is 8.27. The maximum absolute atomic E-state index is 4.75. The predicted molar refractivity (Wildman–Crippen MR) is 240 cm³/mol. The second-order valence-corrected chi connectivity index (χ2v) is 34.5. The van der Waals surface area contributed by atoms with Crippen molar-refractivity contribution in [2.45, 2.75) is 126 Å². The van der Waals surface area contributed by atoms with Gasteiger partial charge in [0.25, 0.3) is 0 Å². The van der Waals surface area contributed by atoms with Crippen LogP contribution in [0.5, 0.6) is 0 Å². The van der Waals surface area contributed by atoms with Gasteiger partial charge in [0.2, 0.25) is 0 Å². The Labute approximate surface area is 349 Å². The molecule has 0 aliphatic heterocycles. The second-order valence-electron chi connectivity index (χ2n) is 21.1. The third-order valence-electron chi connectivity index (χ3n) is 15.4. The molecule has 300 valence electrons. The zero-order chi connectivity index (χ0) is 37.4. The first kappa shape index (κ1) is 40.6. The van der Waals surface area contributed by atoms with E-state index in [1.165, 1.54) is 17.3 Å². The topological polar surface area (TPSA) is 25.8 Å². The summed E-state index contributed by atoms with van der Waals surface area (Å²) in [6.07, 6.45) is 25.2. The molecule has 8 bridgehead atoms. The molecule has 8 aliphatic rings. The molecule has 2 aromatic heterocycles. The fourth-order valence-corrected chi connectivity index (χ4v) is 25.2. The number of rotatable bonds is 9. The Morgan fingerprint density at radius 1 is 0.673 bits per heavy atom. The monoisotopic (exact) mass is 844 g/mol. The van der Waals surface area contributed by atoms with Crippen molar-refractivity contribution in [2.75, 3.05) is 0 Å². The Hall–Kier alpha value is -1.19. The molecule has 0 N–H and O–H groups in total. The summed E-state index contributed by atoms with van der Waals surface area (Å²) in [7, 11) is -0.0472. The molecule has 0 saturated heterocycles. The van der Waals surface area contributed by atoms with E-state index >= 15 is 0 Å². The van der Waals surface area contributed by atoms with Crippen molar-refractivity contribution < 1.29 is 17.1 Å². The van der Waals surface area contributed by atoms with Crippen molar-refractivity contribution in [2.24, 2.45) is 47.3 Å². The van der Waals surface area contributed by atoms with Gasteiger partial charge < -0.3 is 30.3 Å². The normalized spacial score (nSPS) is 32.5. The summed E-state index contributed by atoms with van der Waals surface area (Å²) in [6.45, 7) is 15.9. The first-order valence-corrected chi connectivity index (χ1v) is 31.0. The predicted octanol–water partition coefficient (Wildman–Crippen LogP) is 11.5. The van der Waals surface area contributed by atoms with Crippen LogP contribution < -0.4 is 10.4 Å². The van der Waals surface area contributed by atoms with Gasteiger partial charge in [0.15, 0.2) is 0 Å². The standard InChI is InChI=1S/C43H61N2P2Si2.C5H5.Fe/c1-48(2,3)39-23-38(43(46,35-9-7-11-44-24-35)36-10-8-12-45-25-36)37(42(39)49(4,5)6)26-47(40-31-15-27-13-28(17-31)18-32(40)16-27)41-33-19-29-14-30(21-33)22-34(41)20-29;1-2-4-5-3-1;/h7-12,23-25,27-34,40-41H,13-22,26,46H2,1-6H3;1-5H;/q-1;-5;. The van der Waals surface area contributed by atoms with Crippen LogP contribution in [0.3, 0.4) is 0 Å². The summed E-state index contributed by atoms with van der Waals surface area (Å²) in [5, 5.41) is 3.27. The Morgan fingerprint density at radius 2 is 1.07 bits per heavy atom. The molecule has 8 fully saturated rings. The maximum Gasteiger partial charge on any atom is 0.0508 e. The fourth-order valence-electron chi connectivity index (χ4n) is 14.0. The number of aromatic nitrogens is 2. The van der Waals surface area contributed by atoms with Crippen molar-refractivity contribution in [1.29, 1.82) is 0 Å². The smallest absolute Gasteiger partial charge is 0.0508 e. The van der Waals surface area contributed by atoms with Crippen molar-refractivity contribution in [3.63, 3.8) is 0 Å². The van der Waals surface area contributed by atoms with Crippen LogP contribution in [0, 0.1) is 47.3 Å². The summed E-state index contributed by atoms with van der Waals surface area (Å²) in [6, 6.07) is 21.8. The van der Waals surface area contributed by atoms with E-state index in [1.54, 1.807) is 75.0 Å². The van der Waals surface area contributed by atoms with Gasteiger partial charge in [-0.2, -0.15) is 27.6 Å². The van der Waals surface area contributed by atoms with Gasteiger partial charge in [0, 0.05) is 55.1 Å². The molecule has 8 saturated carbocycles. The Morgan fingerprint density at radius 3 is 1.40 bits per heavy atom. The Kier molecular flexibility index (Phi) is 11.6. The summed E-state index contributed by atoms with van der Waals surface area (Å²) in [4.78, 5) is 9.51. The fraction of sp³-hybridized carbons (Fsp3) is 0.583. The minimum absolute atomic E-state index is 0. The van der Waals surface area contributed by atoms with Gasteiger partial charge >= 0.3 is 0 Å². The van der Waals surface area contributed by atoms with Crippen LogP contribution in [0.25, 0.3) is 0 Å². The van der Waals surface area contributed by atoms with E-state index in [9.17, 15) is 0 Å². The average Bonchev–Trinajstić information content (AvgIpc) is 3.84. The molecular weight excluding hydrogens is 779 g/mol. The third-order valence-corrected chi connectivity index (χ3v) is 24.6. The van der Waals surface area contributed by atoms with Crippen LogP contribution in [0.1, 0.15) is 86.5 Å². The molecule has 8 aliphatic carbocycles. The molecule has 0 spiro atoms. The van der Waals surface area contributed by atoms with Gasteiger partial charge in [0.05, 0.1) is 8.07 Å². The van der Waals surface area contributed by atoms with Crippen molar-refractivity contribution in [1.82, 2.24) is 9.97 Å². The number of pyridine rings is 2. The van der Waals surface area contributed by atoms with Crippen molar-refractivity contribution in [3.05, 3.63) is 108 Å². The van der Waals surface area contributed by atoms with E-state index < -0.39 is 16.1 Å². The van der Waals surface area contributed by atoms with Crippen LogP contribution in [-0.4, -0.2) is 37.4 Å². The van der Waals surface area contributed by atoms with Gasteiger partial charge in [-0.05, 0) is 146 Å². The van der Waals surface area contributed by atoms with Crippen molar-refractivity contribution >= 4 is 43.7 Å². The second kappa shape index (κ2) is 15.8. The first-order chi connectivity index (χ1) is 25.9. The van der Waals surface area contributed by atoms with Gasteiger partial charge in [-0.15, -0.1) is 17.2 Å². The van der Waals surface area contributed by atoms with Gasteiger partial charge in [0.1, 0.15) is 0 Å². The van der Waals surface area contributed by atoms with E-state index in [2.05, 4.69) is 91.2 Å². The SMILES string of the molecule is C[Si](C)(C)c1c(CP(C2C3CC4CC(C3)CC2C4)C2C3CC4CC(C3)CC2C4)c(C(P)(c2cccnc2)c2cccnc2)c[c-]1[Si](C)(C)C.[Fe].[cH-]1[cH-][cH-][cH-][cH-]1. The molecule has 0 radical (unpaired) electrons. The summed E-state index contributed by atoms with van der Waals surface area (Å²) in [5.41, 5.74) is 8.00. The molecular formula is C48H66FeN2P2Si2-6. The molecule has 7 heteroatoms. The van der Waals surface area contributed by atoms with Crippen LogP contribution in [0.15, 0.2) is 85.5 Å². The van der Waals surface area contributed by atoms with E-state index in [4.69, 9.17) is 9.97 Å². The van der Waals surface area contributed by atoms with Gasteiger partial charge in [-0.3, -0.25) is 9.97 Å². The van der Waals surface area contributed by atoms with E-state index in [0.29, 0.717) is 0 Å². The zero-order valence-corrected chi connectivity index (χ0v) is 39.6. The zero-order valence-electron chi connectivity index (χ0n) is 34.4. The molecule has 12 rings (SSSR count). The molecule has 2 aromatic carbocycles. The molecule has 1 atom stereocenters. The largest absolute Gasteiger partial charge is 0.748 e. The van der Waals surface area contributed by atoms with E-state index in [1.807, 2.05) is 53.5 Å². The first-order valence-electron chi connectivity index (χ1n) is 21.7. The van der Waals surface area contributed by atoms with E-state index in [-0.39, 0.29) is 30.1 Å². The quantitative estimate of drug-likeness (QED) is 0.0953. The van der Waals surface area contributed by atoms with Gasteiger partial charge in [-0.1, -0.05) is 57.6 Å². The molecule has 0 amide bonds. The molecule has 55 heavy (non-hydrogen) atoms. The van der Waals surface area contributed by atoms with Crippen LogP contribution in [-0.2, 0) is 28.4 Å². The maximum atomic E-state index is 4.75. The minimum atomic E-state index is -1.72. The van der Waals surface area contributed by atoms with Crippen LogP contribution >= 0.6 is 17.2 Å².